The average molecular weight is 272 g/mol. The molecule has 0 saturated heterocycles. The fraction of sp³-hybridized carbons (Fsp3) is 0.467. The average Bonchev–Trinajstić information content (AvgIpc) is 2.36. The van der Waals surface area contributed by atoms with Crippen molar-refractivity contribution >= 4 is 0 Å². The van der Waals surface area contributed by atoms with Gasteiger partial charge in [-0.15, -0.1) is 6.58 Å². The molecule has 1 atom stereocenters. The molecule has 0 saturated carbocycles. The maximum Gasteiger partial charge on any atom is 0.416 e. The first-order valence-electron chi connectivity index (χ1n) is 6.36. The van der Waals surface area contributed by atoms with Crippen molar-refractivity contribution in [2.75, 3.05) is 0 Å². The van der Waals surface area contributed by atoms with Crippen molar-refractivity contribution in [1.82, 2.24) is 0 Å². The number of hydrogen-bond donors (Lipinski definition) is 0. The van der Waals surface area contributed by atoms with Gasteiger partial charge in [-0.05, 0) is 30.5 Å². The van der Waals surface area contributed by atoms with Gasteiger partial charge in [-0.1, -0.05) is 31.6 Å². The summed E-state index contributed by atoms with van der Waals surface area (Å²) < 4.78 is 43.3. The molecule has 1 aromatic rings. The molecule has 0 fully saturated rings. The minimum absolute atomic E-state index is 0.0250. The van der Waals surface area contributed by atoms with E-state index in [4.69, 9.17) is 4.74 Å². The van der Waals surface area contributed by atoms with Crippen LogP contribution < -0.4 is 0 Å². The molecule has 1 rings (SSSR count). The molecule has 0 N–H and O–H groups in total. The highest BCUT2D eigenvalue weighted by atomic mass is 19.4. The fourth-order valence-corrected chi connectivity index (χ4v) is 1.83. The molecule has 0 radical (unpaired) electrons. The Kier molecular flexibility index (Phi) is 6.09. The third-order valence-corrected chi connectivity index (χ3v) is 2.78. The number of halogens is 3. The van der Waals surface area contributed by atoms with Gasteiger partial charge in [-0.25, -0.2) is 0 Å². The van der Waals surface area contributed by atoms with Gasteiger partial charge in [0.2, 0.25) is 0 Å². The van der Waals surface area contributed by atoms with Crippen LogP contribution in [0.2, 0.25) is 0 Å². The van der Waals surface area contributed by atoms with E-state index in [2.05, 4.69) is 6.58 Å². The number of hydrogen-bond acceptors (Lipinski definition) is 1. The van der Waals surface area contributed by atoms with E-state index in [1.54, 1.807) is 12.1 Å². The van der Waals surface area contributed by atoms with Gasteiger partial charge in [0.1, 0.15) is 0 Å². The quantitative estimate of drug-likeness (QED) is 0.637. The summed E-state index contributed by atoms with van der Waals surface area (Å²) >= 11 is 0. The zero-order chi connectivity index (χ0) is 14.3. The topological polar surface area (TPSA) is 9.23 Å². The summed E-state index contributed by atoms with van der Waals surface area (Å²) in [5.41, 5.74) is -0.0932. The van der Waals surface area contributed by atoms with Gasteiger partial charge < -0.3 is 4.74 Å². The molecule has 0 heterocycles. The number of alkyl halides is 3. The van der Waals surface area contributed by atoms with E-state index in [1.807, 2.05) is 6.92 Å². The molecule has 1 unspecified atom stereocenters. The van der Waals surface area contributed by atoms with Gasteiger partial charge in [0.15, 0.2) is 0 Å². The van der Waals surface area contributed by atoms with Gasteiger partial charge >= 0.3 is 6.18 Å². The minimum atomic E-state index is -4.31. The van der Waals surface area contributed by atoms with Crippen LogP contribution in [0.25, 0.3) is 0 Å². The molecule has 19 heavy (non-hydrogen) atoms. The SMILES string of the molecule is C=CCC(CCC)OCc1cccc(C(F)(F)F)c1. The smallest absolute Gasteiger partial charge is 0.373 e. The molecule has 0 bridgehead atoms. The van der Waals surface area contributed by atoms with Gasteiger partial charge in [0, 0.05) is 0 Å². The van der Waals surface area contributed by atoms with E-state index < -0.39 is 11.7 Å². The Bertz CT molecular complexity index is 399. The van der Waals surface area contributed by atoms with Crippen molar-refractivity contribution in [3.05, 3.63) is 48.0 Å². The summed E-state index contributed by atoms with van der Waals surface area (Å²) in [5, 5.41) is 0. The zero-order valence-electron chi connectivity index (χ0n) is 11.0. The first-order chi connectivity index (χ1) is 8.97. The van der Waals surface area contributed by atoms with Crippen LogP contribution in [0.1, 0.15) is 37.3 Å². The van der Waals surface area contributed by atoms with Gasteiger partial charge in [0.25, 0.3) is 0 Å². The monoisotopic (exact) mass is 272 g/mol. The van der Waals surface area contributed by atoms with E-state index in [0.717, 1.165) is 25.0 Å². The van der Waals surface area contributed by atoms with Crippen LogP contribution >= 0.6 is 0 Å². The Labute approximate surface area is 112 Å². The number of rotatable bonds is 7. The highest BCUT2D eigenvalue weighted by Gasteiger charge is 2.30. The standard InChI is InChI=1S/C15H19F3O/c1-3-6-14(7-4-2)19-11-12-8-5-9-13(10-12)15(16,17)18/h3,5,8-10,14H,1,4,6-7,11H2,2H3. The Morgan fingerprint density at radius 2 is 2.11 bits per heavy atom. The van der Waals surface area contributed by atoms with E-state index in [0.29, 0.717) is 12.0 Å². The second-order valence-electron chi connectivity index (χ2n) is 4.44. The summed E-state index contributed by atoms with van der Waals surface area (Å²) in [7, 11) is 0. The molecule has 1 aromatic carbocycles. The van der Waals surface area contributed by atoms with Crippen molar-refractivity contribution in [2.45, 2.75) is 45.1 Å². The normalized spacial score (nSPS) is 13.3. The molecular formula is C15H19F3O. The molecule has 0 aromatic heterocycles. The van der Waals surface area contributed by atoms with Crippen molar-refractivity contribution in [3.8, 4) is 0 Å². The van der Waals surface area contributed by atoms with Crippen LogP contribution in [-0.2, 0) is 17.5 Å². The molecule has 1 nitrogen and oxygen atoms in total. The maximum absolute atomic E-state index is 12.6. The van der Waals surface area contributed by atoms with Crippen molar-refractivity contribution in [3.63, 3.8) is 0 Å². The molecule has 0 amide bonds. The minimum Gasteiger partial charge on any atom is -0.373 e. The lowest BCUT2D eigenvalue weighted by Crippen LogP contribution is -2.12. The van der Waals surface area contributed by atoms with Gasteiger partial charge in [-0.3, -0.25) is 0 Å². The van der Waals surface area contributed by atoms with E-state index >= 15 is 0 Å². The van der Waals surface area contributed by atoms with Crippen LogP contribution in [0.15, 0.2) is 36.9 Å². The van der Waals surface area contributed by atoms with E-state index in [9.17, 15) is 13.2 Å². The van der Waals surface area contributed by atoms with Crippen LogP contribution in [0.5, 0.6) is 0 Å². The molecule has 0 spiro atoms. The largest absolute Gasteiger partial charge is 0.416 e. The third-order valence-electron chi connectivity index (χ3n) is 2.78. The van der Waals surface area contributed by atoms with Crippen LogP contribution in [0, 0.1) is 0 Å². The predicted molar refractivity (Wildman–Crippen MR) is 69.7 cm³/mol. The molecule has 0 aliphatic rings. The van der Waals surface area contributed by atoms with Crippen LogP contribution in [0.4, 0.5) is 13.2 Å². The maximum atomic E-state index is 12.6. The van der Waals surface area contributed by atoms with Crippen LogP contribution in [-0.4, -0.2) is 6.10 Å². The Balaban J connectivity index is 2.64. The van der Waals surface area contributed by atoms with Crippen molar-refractivity contribution in [2.24, 2.45) is 0 Å². The summed E-state index contributed by atoms with van der Waals surface area (Å²) in [6, 6.07) is 5.25. The van der Waals surface area contributed by atoms with E-state index in [-0.39, 0.29) is 12.7 Å². The summed E-state index contributed by atoms with van der Waals surface area (Å²) in [4.78, 5) is 0. The number of benzene rings is 1. The molecule has 0 aliphatic carbocycles. The Morgan fingerprint density at radius 1 is 1.37 bits per heavy atom. The van der Waals surface area contributed by atoms with E-state index in [1.165, 1.54) is 6.07 Å². The highest BCUT2D eigenvalue weighted by Crippen LogP contribution is 2.29. The lowest BCUT2D eigenvalue weighted by atomic mass is 10.1. The number of ether oxygens (including phenoxy) is 1. The second-order valence-corrected chi connectivity index (χ2v) is 4.44. The first-order valence-corrected chi connectivity index (χ1v) is 6.36. The lowest BCUT2D eigenvalue weighted by molar-refractivity contribution is -0.137. The first kappa shape index (κ1) is 15.8. The predicted octanol–water partition coefficient (Wildman–Crippen LogP) is 4.97. The summed E-state index contributed by atoms with van der Waals surface area (Å²) in [5.74, 6) is 0. The Hall–Kier alpha value is -1.29. The van der Waals surface area contributed by atoms with Crippen LogP contribution in [0.3, 0.4) is 0 Å². The Morgan fingerprint density at radius 3 is 2.68 bits per heavy atom. The van der Waals surface area contributed by atoms with Gasteiger partial charge in [-0.2, -0.15) is 13.2 Å². The van der Waals surface area contributed by atoms with Gasteiger partial charge in [0.05, 0.1) is 18.3 Å². The molecular weight excluding hydrogens is 253 g/mol. The summed E-state index contributed by atoms with van der Waals surface area (Å²) in [6.07, 6.45) is 0.0581. The second kappa shape index (κ2) is 7.34. The lowest BCUT2D eigenvalue weighted by Gasteiger charge is -2.16. The fourth-order valence-electron chi connectivity index (χ4n) is 1.83. The third kappa shape index (κ3) is 5.47. The highest BCUT2D eigenvalue weighted by molar-refractivity contribution is 5.25. The van der Waals surface area contributed by atoms with Crippen molar-refractivity contribution in [1.29, 1.82) is 0 Å². The zero-order valence-corrected chi connectivity index (χ0v) is 11.0. The molecule has 106 valence electrons. The molecule has 0 aliphatic heterocycles. The van der Waals surface area contributed by atoms with Crippen molar-refractivity contribution < 1.29 is 17.9 Å². The molecule has 4 heteroatoms. The summed E-state index contributed by atoms with van der Waals surface area (Å²) in [6.45, 7) is 5.90.